The first-order valence-electron chi connectivity index (χ1n) is 11.9. The first-order valence-corrected chi connectivity index (χ1v) is 13.1. The van der Waals surface area contributed by atoms with E-state index < -0.39 is 46.4 Å². The van der Waals surface area contributed by atoms with Crippen LogP contribution in [-0.2, 0) is 51.3 Å². The lowest BCUT2D eigenvalue weighted by Gasteiger charge is -2.43. The van der Waals surface area contributed by atoms with Crippen molar-refractivity contribution < 1.29 is 47.5 Å². The van der Waals surface area contributed by atoms with Gasteiger partial charge in [-0.05, 0) is 23.3 Å². The van der Waals surface area contributed by atoms with Crippen LogP contribution in [0.2, 0.25) is 0 Å². The molecule has 206 valence electrons. The molecule has 0 radical (unpaired) electrons. The highest BCUT2D eigenvalue weighted by Crippen LogP contribution is 2.34. The van der Waals surface area contributed by atoms with Gasteiger partial charge in [-0.1, -0.05) is 59.0 Å². The molecule has 1 aliphatic rings. The first kappa shape index (κ1) is 29.7. The summed E-state index contributed by atoms with van der Waals surface area (Å²) < 4.78 is 39.0. The van der Waals surface area contributed by atoms with E-state index in [0.717, 1.165) is 11.1 Å². The monoisotopic (exact) mass is 642 g/mol. The number of methoxy groups -OCH3 is 1. The second-order valence-electron chi connectivity index (χ2n) is 8.51. The molecule has 1 fully saturated rings. The second-order valence-corrected chi connectivity index (χ2v) is 9.95. The molecule has 0 N–H and O–H groups in total. The van der Waals surface area contributed by atoms with Crippen molar-refractivity contribution in [1.29, 1.82) is 0 Å². The van der Waals surface area contributed by atoms with Gasteiger partial charge in [0, 0.05) is 20.8 Å². The molecule has 2 aromatic carbocycles. The van der Waals surface area contributed by atoms with E-state index in [2.05, 4.69) is 0 Å². The largest absolute Gasteiger partial charge is 0.493 e. The Morgan fingerprint density at radius 1 is 0.842 bits per heavy atom. The third kappa shape index (κ3) is 8.57. The van der Waals surface area contributed by atoms with Crippen molar-refractivity contribution in [1.82, 2.24) is 0 Å². The fourth-order valence-corrected chi connectivity index (χ4v) is 4.76. The van der Waals surface area contributed by atoms with Crippen LogP contribution in [0.5, 0.6) is 11.5 Å². The van der Waals surface area contributed by atoms with Gasteiger partial charge in [-0.25, -0.2) is 0 Å². The van der Waals surface area contributed by atoms with Crippen LogP contribution in [0.1, 0.15) is 31.9 Å². The zero-order chi connectivity index (χ0) is 27.7. The minimum atomic E-state index is -0.987. The van der Waals surface area contributed by atoms with Crippen LogP contribution in [0, 0.1) is 0 Å². The zero-order valence-electron chi connectivity index (χ0n) is 21.6. The van der Waals surface area contributed by atoms with Gasteiger partial charge in [-0.15, -0.1) is 0 Å². The molecule has 38 heavy (non-hydrogen) atoms. The third-order valence-corrected chi connectivity index (χ3v) is 6.80. The lowest BCUT2D eigenvalue weighted by atomic mass is 10.0. The Labute approximate surface area is 234 Å². The predicted octanol–water partition coefficient (Wildman–Crippen LogP) is 3.75. The molecule has 3 rings (SSSR count). The normalized spacial score (nSPS) is 22.7. The molecule has 0 aromatic heterocycles. The molecule has 0 spiro atoms. The first-order chi connectivity index (χ1) is 18.2. The zero-order valence-corrected chi connectivity index (χ0v) is 23.7. The molecule has 0 amide bonds. The van der Waals surface area contributed by atoms with Crippen molar-refractivity contribution in [3.63, 3.8) is 0 Å². The summed E-state index contributed by atoms with van der Waals surface area (Å²) in [6.45, 7) is 4.06. The Hall–Kier alpha value is -2.90. The molecule has 1 aliphatic heterocycles. The van der Waals surface area contributed by atoms with E-state index in [4.69, 9.17) is 33.2 Å². The maximum absolute atomic E-state index is 11.8. The molecule has 1 saturated heterocycles. The fraction of sp³-hybridized carbons (Fsp3) is 0.444. The summed E-state index contributed by atoms with van der Waals surface area (Å²) in [5, 5.41) is 0. The number of hydrogen-bond donors (Lipinski definition) is 0. The number of esters is 3. The molecular weight excluding hydrogens is 611 g/mol. The molecule has 0 bridgehead atoms. The average molecular weight is 642 g/mol. The predicted molar refractivity (Wildman–Crippen MR) is 143 cm³/mol. The number of hydrogen-bond acceptors (Lipinski definition) is 10. The molecule has 1 heterocycles. The van der Waals surface area contributed by atoms with Crippen molar-refractivity contribution in [3.05, 3.63) is 59.7 Å². The SMILES string of the molecule is COc1cc(CO[C@H]2O[C@H](COC(C)=O)[C@@H](OC(C)=O)[C@H](OC(C)=O)[C@@H]2I)ccc1OCc1ccccc1. The Kier molecular flexibility index (Phi) is 11.2. The van der Waals surface area contributed by atoms with E-state index in [9.17, 15) is 14.4 Å². The van der Waals surface area contributed by atoms with E-state index in [1.54, 1.807) is 19.2 Å². The molecule has 0 saturated carbocycles. The number of ether oxygens (including phenoxy) is 7. The lowest BCUT2D eigenvalue weighted by molar-refractivity contribution is -0.262. The van der Waals surface area contributed by atoms with E-state index in [0.29, 0.717) is 18.1 Å². The summed E-state index contributed by atoms with van der Waals surface area (Å²) in [4.78, 5) is 35.0. The van der Waals surface area contributed by atoms with Gasteiger partial charge in [0.15, 0.2) is 30.0 Å². The molecule has 10 nitrogen and oxygen atoms in total. The van der Waals surface area contributed by atoms with Crippen LogP contribution >= 0.6 is 22.6 Å². The topological polar surface area (TPSA) is 116 Å². The highest BCUT2D eigenvalue weighted by atomic mass is 127. The van der Waals surface area contributed by atoms with Crippen LogP contribution in [0.25, 0.3) is 0 Å². The summed E-state index contributed by atoms with van der Waals surface area (Å²) in [5.74, 6) is -0.556. The molecule has 2 aromatic rings. The van der Waals surface area contributed by atoms with Gasteiger partial charge in [-0.2, -0.15) is 0 Å². The van der Waals surface area contributed by atoms with Gasteiger partial charge >= 0.3 is 17.9 Å². The minimum absolute atomic E-state index is 0.130. The summed E-state index contributed by atoms with van der Waals surface area (Å²) in [7, 11) is 1.55. The Morgan fingerprint density at radius 3 is 2.16 bits per heavy atom. The quantitative estimate of drug-likeness (QED) is 0.155. The van der Waals surface area contributed by atoms with Crippen molar-refractivity contribution in [2.24, 2.45) is 0 Å². The van der Waals surface area contributed by atoms with Crippen LogP contribution in [0.15, 0.2) is 48.5 Å². The summed E-state index contributed by atoms with van der Waals surface area (Å²) in [5.41, 5.74) is 1.81. The average Bonchev–Trinajstić information content (AvgIpc) is 2.88. The maximum atomic E-state index is 11.8. The third-order valence-electron chi connectivity index (χ3n) is 5.51. The lowest BCUT2D eigenvalue weighted by Crippen LogP contribution is -2.59. The van der Waals surface area contributed by atoms with Crippen LogP contribution < -0.4 is 9.47 Å². The minimum Gasteiger partial charge on any atom is -0.493 e. The van der Waals surface area contributed by atoms with E-state index in [1.807, 2.05) is 59.0 Å². The van der Waals surface area contributed by atoms with Crippen LogP contribution in [0.3, 0.4) is 0 Å². The number of rotatable bonds is 11. The molecular formula is C27H31IO10. The van der Waals surface area contributed by atoms with Crippen molar-refractivity contribution >= 4 is 40.5 Å². The Morgan fingerprint density at radius 2 is 1.53 bits per heavy atom. The Balaban J connectivity index is 1.72. The smallest absolute Gasteiger partial charge is 0.303 e. The van der Waals surface area contributed by atoms with Gasteiger partial charge in [0.2, 0.25) is 0 Å². The Bertz CT molecular complexity index is 1090. The molecule has 5 atom stereocenters. The second kappa shape index (κ2) is 14.3. The number of alkyl halides is 1. The standard InChI is InChI=1S/C27H31IO10/c1-16(29)33-15-23-25(36-17(2)30)26(37-18(3)31)24(28)27(38-23)35-14-20-10-11-21(22(12-20)32-4)34-13-19-8-6-5-7-9-19/h5-12,23-27H,13-15H2,1-4H3/t23-,24+,25-,26-,27+/m1/s1. The molecule has 0 aliphatic carbocycles. The van der Waals surface area contributed by atoms with E-state index in [1.165, 1.54) is 20.8 Å². The van der Waals surface area contributed by atoms with Crippen LogP contribution in [0.4, 0.5) is 0 Å². The highest BCUT2D eigenvalue weighted by Gasteiger charge is 2.49. The van der Waals surface area contributed by atoms with E-state index >= 15 is 0 Å². The van der Waals surface area contributed by atoms with Gasteiger partial charge < -0.3 is 33.2 Å². The summed E-state index contributed by atoms with van der Waals surface area (Å²) in [6.07, 6.45) is -3.66. The summed E-state index contributed by atoms with van der Waals surface area (Å²) >= 11 is 2.04. The van der Waals surface area contributed by atoms with Gasteiger partial charge in [-0.3, -0.25) is 14.4 Å². The highest BCUT2D eigenvalue weighted by molar-refractivity contribution is 14.1. The molecule has 11 heteroatoms. The fourth-order valence-electron chi connectivity index (χ4n) is 3.83. The van der Waals surface area contributed by atoms with E-state index in [-0.39, 0.29) is 13.2 Å². The van der Waals surface area contributed by atoms with Crippen LogP contribution in [-0.4, -0.2) is 60.2 Å². The number of carbonyl (C=O) groups excluding carboxylic acids is 3. The van der Waals surface area contributed by atoms with Gasteiger partial charge in [0.05, 0.1) is 13.7 Å². The molecule has 0 unspecified atom stereocenters. The number of benzene rings is 2. The van der Waals surface area contributed by atoms with Crippen molar-refractivity contribution in [2.45, 2.75) is 62.5 Å². The maximum Gasteiger partial charge on any atom is 0.303 e. The van der Waals surface area contributed by atoms with Gasteiger partial charge in [0.1, 0.15) is 23.2 Å². The summed E-state index contributed by atoms with van der Waals surface area (Å²) in [6, 6.07) is 15.2. The number of halogens is 1. The van der Waals surface area contributed by atoms with Gasteiger partial charge in [0.25, 0.3) is 0 Å². The van der Waals surface area contributed by atoms with Crippen molar-refractivity contribution in [2.75, 3.05) is 13.7 Å². The number of carbonyl (C=O) groups is 3. The van der Waals surface area contributed by atoms with Crippen molar-refractivity contribution in [3.8, 4) is 11.5 Å².